The first-order valence-corrected chi connectivity index (χ1v) is 6.29. The lowest BCUT2D eigenvalue weighted by Gasteiger charge is -2.15. The molecule has 0 aromatic heterocycles. The summed E-state index contributed by atoms with van der Waals surface area (Å²) in [6.07, 6.45) is 3.14. The molecule has 0 radical (unpaired) electrons. The molecule has 0 aliphatic heterocycles. The lowest BCUT2D eigenvalue weighted by molar-refractivity contribution is 0.0693. The first-order valence-electron chi connectivity index (χ1n) is 5.50. The Hall–Kier alpha value is -0.780. The van der Waals surface area contributed by atoms with Gasteiger partial charge in [-0.05, 0) is 24.5 Å². The Morgan fingerprint density at radius 1 is 1.50 bits per heavy atom. The van der Waals surface area contributed by atoms with Crippen molar-refractivity contribution in [2.24, 2.45) is 11.7 Å². The zero-order valence-corrected chi connectivity index (χ0v) is 12.0. The van der Waals surface area contributed by atoms with E-state index in [0.29, 0.717) is 16.0 Å². The summed E-state index contributed by atoms with van der Waals surface area (Å²) in [6, 6.07) is 2.76. The molecule has 100 valence electrons. The number of aromatic carboxylic acids is 1. The summed E-state index contributed by atoms with van der Waals surface area (Å²) in [5, 5.41) is 18.9. The number of carboxylic acids is 1. The van der Waals surface area contributed by atoms with E-state index < -0.39 is 5.97 Å². The van der Waals surface area contributed by atoms with Gasteiger partial charge in [0.05, 0.1) is 0 Å². The minimum absolute atomic E-state index is 0. The molecule has 1 aliphatic carbocycles. The fourth-order valence-electron chi connectivity index (χ4n) is 1.91. The van der Waals surface area contributed by atoms with Crippen LogP contribution in [0, 0.1) is 5.92 Å². The number of hydrogen-bond donors (Lipinski definition) is 3. The minimum atomic E-state index is -1.15. The maximum atomic E-state index is 11.0. The van der Waals surface area contributed by atoms with Crippen LogP contribution in [-0.2, 0) is 0 Å². The summed E-state index contributed by atoms with van der Waals surface area (Å²) in [4.78, 5) is 11.0. The Bertz CT molecular complexity index is 463. The van der Waals surface area contributed by atoms with Gasteiger partial charge in [-0.1, -0.05) is 28.8 Å². The van der Waals surface area contributed by atoms with Crippen molar-refractivity contribution >= 4 is 34.3 Å². The fourth-order valence-corrected chi connectivity index (χ4v) is 2.38. The van der Waals surface area contributed by atoms with Crippen LogP contribution in [0.5, 0.6) is 5.75 Å². The lowest BCUT2D eigenvalue weighted by Crippen LogP contribution is -2.12. The van der Waals surface area contributed by atoms with E-state index in [9.17, 15) is 9.90 Å². The highest BCUT2D eigenvalue weighted by Gasteiger charge is 2.27. The van der Waals surface area contributed by atoms with E-state index in [1.165, 1.54) is 18.9 Å². The first kappa shape index (κ1) is 15.3. The molecular weight excluding hydrogens is 321 g/mol. The van der Waals surface area contributed by atoms with Crippen molar-refractivity contribution in [3.05, 3.63) is 27.7 Å². The molecule has 1 aromatic carbocycles. The van der Waals surface area contributed by atoms with E-state index in [0.717, 1.165) is 6.42 Å². The van der Waals surface area contributed by atoms with Crippen molar-refractivity contribution in [2.45, 2.75) is 25.3 Å². The van der Waals surface area contributed by atoms with Crippen LogP contribution in [0.1, 0.15) is 41.2 Å². The second kappa shape index (κ2) is 5.91. The molecule has 0 unspecified atom stereocenters. The zero-order valence-electron chi connectivity index (χ0n) is 9.60. The number of aromatic hydroxyl groups is 1. The normalized spacial score (nSPS) is 15.9. The number of carbonyl (C=O) groups is 1. The SMILES string of the molecule is Cl.N[C@H](CC1CC1)c1cc(Br)cc(C(=O)O)c1O. The predicted octanol–water partition coefficient (Wildman–Crippen LogP) is 3.07. The highest BCUT2D eigenvalue weighted by molar-refractivity contribution is 9.10. The molecule has 6 heteroatoms. The van der Waals surface area contributed by atoms with Gasteiger partial charge in [0, 0.05) is 16.1 Å². The van der Waals surface area contributed by atoms with Crippen molar-refractivity contribution in [3.8, 4) is 5.75 Å². The summed E-state index contributed by atoms with van der Waals surface area (Å²) in [7, 11) is 0. The van der Waals surface area contributed by atoms with Gasteiger partial charge >= 0.3 is 5.97 Å². The quantitative estimate of drug-likeness (QED) is 0.789. The number of benzene rings is 1. The van der Waals surface area contributed by atoms with Gasteiger partial charge in [-0.25, -0.2) is 4.79 Å². The second-order valence-electron chi connectivity index (χ2n) is 4.48. The van der Waals surface area contributed by atoms with Gasteiger partial charge in [0.15, 0.2) is 0 Å². The maximum absolute atomic E-state index is 11.0. The smallest absolute Gasteiger partial charge is 0.339 e. The second-order valence-corrected chi connectivity index (χ2v) is 5.40. The van der Waals surface area contributed by atoms with Crippen LogP contribution in [-0.4, -0.2) is 16.2 Å². The molecule has 18 heavy (non-hydrogen) atoms. The topological polar surface area (TPSA) is 83.6 Å². The van der Waals surface area contributed by atoms with Crippen LogP contribution in [0.15, 0.2) is 16.6 Å². The van der Waals surface area contributed by atoms with Crippen LogP contribution in [0.2, 0.25) is 0 Å². The van der Waals surface area contributed by atoms with Gasteiger partial charge in [-0.2, -0.15) is 0 Å². The van der Waals surface area contributed by atoms with Crippen LogP contribution >= 0.6 is 28.3 Å². The summed E-state index contributed by atoms with van der Waals surface area (Å²) in [5.41, 5.74) is 6.39. The average Bonchev–Trinajstić information content (AvgIpc) is 3.04. The summed E-state index contributed by atoms with van der Waals surface area (Å²) in [6.45, 7) is 0. The third-order valence-electron chi connectivity index (χ3n) is 3.02. The zero-order chi connectivity index (χ0) is 12.6. The fraction of sp³-hybridized carbons (Fsp3) is 0.417. The van der Waals surface area contributed by atoms with Crippen molar-refractivity contribution in [1.29, 1.82) is 0 Å². The maximum Gasteiger partial charge on any atom is 0.339 e. The van der Waals surface area contributed by atoms with E-state index in [-0.39, 0.29) is 29.8 Å². The molecule has 2 rings (SSSR count). The minimum Gasteiger partial charge on any atom is -0.507 e. The largest absolute Gasteiger partial charge is 0.507 e. The molecule has 0 heterocycles. The van der Waals surface area contributed by atoms with E-state index in [4.69, 9.17) is 10.8 Å². The monoisotopic (exact) mass is 335 g/mol. The van der Waals surface area contributed by atoms with E-state index in [1.54, 1.807) is 6.07 Å². The molecule has 0 spiro atoms. The Kier molecular flexibility index (Phi) is 5.01. The van der Waals surface area contributed by atoms with Crippen LogP contribution in [0.3, 0.4) is 0 Å². The third-order valence-corrected chi connectivity index (χ3v) is 3.48. The number of phenols is 1. The standard InChI is InChI=1S/C12H14BrNO3.ClH/c13-7-4-8(10(14)3-6-1-2-6)11(15)9(5-7)12(16)17;/h4-6,10,15H,1-3,14H2,(H,16,17);1H/t10-;/m1./s1. The number of nitrogens with two attached hydrogens (primary N) is 1. The van der Waals surface area contributed by atoms with Gasteiger partial charge in [-0.15, -0.1) is 12.4 Å². The van der Waals surface area contributed by atoms with Crippen molar-refractivity contribution < 1.29 is 15.0 Å². The van der Waals surface area contributed by atoms with Gasteiger partial charge in [0.1, 0.15) is 11.3 Å². The highest BCUT2D eigenvalue weighted by atomic mass is 79.9. The van der Waals surface area contributed by atoms with Gasteiger partial charge in [0.2, 0.25) is 0 Å². The third kappa shape index (κ3) is 3.37. The molecule has 0 bridgehead atoms. The van der Waals surface area contributed by atoms with Gasteiger partial charge < -0.3 is 15.9 Å². The number of halogens is 2. The molecule has 4 nitrogen and oxygen atoms in total. The Balaban J connectivity index is 0.00000162. The molecule has 1 fully saturated rings. The molecule has 1 saturated carbocycles. The Morgan fingerprint density at radius 3 is 2.61 bits per heavy atom. The van der Waals surface area contributed by atoms with E-state index >= 15 is 0 Å². The number of carboxylic acid groups (broad SMARTS) is 1. The number of hydrogen-bond acceptors (Lipinski definition) is 3. The highest BCUT2D eigenvalue weighted by Crippen LogP contribution is 2.40. The van der Waals surface area contributed by atoms with Crippen LogP contribution in [0.4, 0.5) is 0 Å². The lowest BCUT2D eigenvalue weighted by atomic mass is 9.98. The van der Waals surface area contributed by atoms with Crippen molar-refractivity contribution in [2.75, 3.05) is 0 Å². The molecular formula is C12H15BrClNO3. The Morgan fingerprint density at radius 2 is 2.11 bits per heavy atom. The molecule has 4 N–H and O–H groups in total. The van der Waals surface area contributed by atoms with Crippen molar-refractivity contribution in [1.82, 2.24) is 0 Å². The Labute approximate surface area is 120 Å². The van der Waals surface area contributed by atoms with Gasteiger partial charge in [0.25, 0.3) is 0 Å². The van der Waals surface area contributed by atoms with E-state index in [1.807, 2.05) is 0 Å². The summed E-state index contributed by atoms with van der Waals surface area (Å²) < 4.78 is 0.619. The van der Waals surface area contributed by atoms with E-state index in [2.05, 4.69) is 15.9 Å². The summed E-state index contributed by atoms with van der Waals surface area (Å²) >= 11 is 3.24. The number of rotatable bonds is 4. The molecule has 0 saturated heterocycles. The molecule has 1 atom stereocenters. The van der Waals surface area contributed by atoms with Crippen LogP contribution in [0.25, 0.3) is 0 Å². The summed E-state index contributed by atoms with van der Waals surface area (Å²) in [5.74, 6) is -0.741. The molecule has 1 aromatic rings. The predicted molar refractivity (Wildman–Crippen MR) is 74.3 cm³/mol. The van der Waals surface area contributed by atoms with Crippen molar-refractivity contribution in [3.63, 3.8) is 0 Å². The molecule has 1 aliphatic rings. The van der Waals surface area contributed by atoms with Crippen LogP contribution < -0.4 is 5.73 Å². The van der Waals surface area contributed by atoms with Gasteiger partial charge in [-0.3, -0.25) is 0 Å². The molecule has 0 amide bonds. The average molecular weight is 337 g/mol. The first-order chi connectivity index (χ1) is 7.99.